The number of carbonyl (C=O) groups is 1. The van der Waals surface area contributed by atoms with Crippen LogP contribution in [-0.4, -0.2) is 22.7 Å². The summed E-state index contributed by atoms with van der Waals surface area (Å²) in [6.07, 6.45) is 2.39. The largest absolute Gasteiger partial charge is 0.487 e. The normalized spacial score (nSPS) is 17.4. The van der Waals surface area contributed by atoms with Gasteiger partial charge in [-0.3, -0.25) is 4.79 Å². The highest BCUT2D eigenvalue weighted by atomic mass is 16.5. The lowest BCUT2D eigenvalue weighted by Crippen LogP contribution is -2.37. The lowest BCUT2D eigenvalue weighted by atomic mass is 9.88. The van der Waals surface area contributed by atoms with Gasteiger partial charge in [-0.15, -0.1) is 0 Å². The lowest BCUT2D eigenvalue weighted by Gasteiger charge is -2.22. The summed E-state index contributed by atoms with van der Waals surface area (Å²) in [5.41, 5.74) is 2.19. The standard InChI is InChI=1S/C19H29NO3/c1-18(2,3)10-9-15(17(21)22)20-12-14-8-6-7-13-11-19(4,5)23-16(13)14/h6-8,15,20H,9-12H2,1-5H3,(H,21,22). The van der Waals surface area contributed by atoms with Crippen LogP contribution >= 0.6 is 0 Å². The number of aliphatic carboxylic acids is 1. The molecular formula is C19H29NO3. The van der Waals surface area contributed by atoms with Crippen LogP contribution in [0.25, 0.3) is 0 Å². The van der Waals surface area contributed by atoms with Crippen LogP contribution in [0.15, 0.2) is 18.2 Å². The predicted molar refractivity (Wildman–Crippen MR) is 91.8 cm³/mol. The van der Waals surface area contributed by atoms with E-state index in [1.54, 1.807) is 0 Å². The maximum absolute atomic E-state index is 11.5. The molecule has 1 aliphatic rings. The SMILES string of the molecule is CC(C)(C)CCC(NCc1cccc2c1OC(C)(C)C2)C(=O)O. The Hall–Kier alpha value is -1.55. The zero-order chi connectivity index (χ0) is 17.3. The maximum atomic E-state index is 11.5. The third-order valence-corrected chi connectivity index (χ3v) is 4.19. The van der Waals surface area contributed by atoms with Crippen molar-refractivity contribution in [2.24, 2.45) is 5.41 Å². The number of hydrogen-bond acceptors (Lipinski definition) is 3. The number of para-hydroxylation sites is 1. The molecule has 128 valence electrons. The van der Waals surface area contributed by atoms with Crippen molar-refractivity contribution in [1.82, 2.24) is 5.32 Å². The molecule has 1 atom stereocenters. The molecule has 23 heavy (non-hydrogen) atoms. The molecule has 0 radical (unpaired) electrons. The van der Waals surface area contributed by atoms with Gasteiger partial charge in [-0.05, 0) is 37.7 Å². The number of hydrogen-bond donors (Lipinski definition) is 2. The molecule has 0 amide bonds. The van der Waals surface area contributed by atoms with Gasteiger partial charge in [0.1, 0.15) is 17.4 Å². The summed E-state index contributed by atoms with van der Waals surface area (Å²) in [6, 6.07) is 5.59. The monoisotopic (exact) mass is 319 g/mol. The molecule has 1 heterocycles. The minimum atomic E-state index is -0.789. The summed E-state index contributed by atoms with van der Waals surface area (Å²) >= 11 is 0. The van der Waals surface area contributed by atoms with Gasteiger partial charge >= 0.3 is 5.97 Å². The van der Waals surface area contributed by atoms with Crippen molar-refractivity contribution >= 4 is 5.97 Å². The highest BCUT2D eigenvalue weighted by Crippen LogP contribution is 2.37. The van der Waals surface area contributed by atoms with Crippen LogP contribution < -0.4 is 10.1 Å². The molecule has 0 saturated heterocycles. The van der Waals surface area contributed by atoms with Gasteiger partial charge in [-0.2, -0.15) is 0 Å². The minimum Gasteiger partial charge on any atom is -0.487 e. The van der Waals surface area contributed by atoms with Gasteiger partial charge < -0.3 is 15.2 Å². The highest BCUT2D eigenvalue weighted by Gasteiger charge is 2.31. The van der Waals surface area contributed by atoms with E-state index in [2.05, 4.69) is 46.0 Å². The quantitative estimate of drug-likeness (QED) is 0.838. The number of nitrogens with one attached hydrogen (secondary N) is 1. The van der Waals surface area contributed by atoms with Crippen LogP contribution in [-0.2, 0) is 17.8 Å². The first kappa shape index (κ1) is 17.8. The Morgan fingerprint density at radius 1 is 1.39 bits per heavy atom. The molecule has 2 N–H and O–H groups in total. The molecule has 4 nitrogen and oxygen atoms in total. The van der Waals surface area contributed by atoms with Crippen LogP contribution in [0.3, 0.4) is 0 Å². The first-order valence-electron chi connectivity index (χ1n) is 8.33. The van der Waals surface area contributed by atoms with E-state index in [0.717, 1.165) is 24.2 Å². The first-order chi connectivity index (χ1) is 10.6. The average Bonchev–Trinajstić information content (AvgIpc) is 2.71. The Morgan fingerprint density at radius 2 is 2.09 bits per heavy atom. The van der Waals surface area contributed by atoms with E-state index in [1.807, 2.05) is 12.1 Å². The van der Waals surface area contributed by atoms with Crippen LogP contribution in [0.1, 0.15) is 58.6 Å². The number of ether oxygens (including phenoxy) is 1. The fourth-order valence-electron chi connectivity index (χ4n) is 2.94. The summed E-state index contributed by atoms with van der Waals surface area (Å²) in [4.78, 5) is 11.5. The predicted octanol–water partition coefficient (Wildman–Crippen LogP) is 3.77. The zero-order valence-electron chi connectivity index (χ0n) is 14.9. The van der Waals surface area contributed by atoms with Crippen LogP contribution in [0.4, 0.5) is 0 Å². The molecule has 0 fully saturated rings. The topological polar surface area (TPSA) is 58.6 Å². The van der Waals surface area contributed by atoms with Crippen molar-refractivity contribution in [2.45, 2.75) is 72.1 Å². The Kier molecular flexibility index (Phi) is 5.04. The smallest absolute Gasteiger partial charge is 0.320 e. The molecule has 2 rings (SSSR count). The van der Waals surface area contributed by atoms with Crippen LogP contribution in [0.5, 0.6) is 5.75 Å². The Labute approximate surface area is 139 Å². The van der Waals surface area contributed by atoms with Gasteiger partial charge in [0.05, 0.1) is 0 Å². The van der Waals surface area contributed by atoms with E-state index < -0.39 is 12.0 Å². The van der Waals surface area contributed by atoms with Crippen molar-refractivity contribution in [3.63, 3.8) is 0 Å². The van der Waals surface area contributed by atoms with E-state index in [-0.39, 0.29) is 11.0 Å². The molecule has 1 aromatic carbocycles. The van der Waals surface area contributed by atoms with Crippen molar-refractivity contribution in [1.29, 1.82) is 0 Å². The van der Waals surface area contributed by atoms with Gasteiger partial charge in [0.2, 0.25) is 0 Å². The third kappa shape index (κ3) is 4.96. The number of carboxylic acid groups (broad SMARTS) is 1. The van der Waals surface area contributed by atoms with Gasteiger partial charge in [-0.25, -0.2) is 0 Å². The van der Waals surface area contributed by atoms with Crippen molar-refractivity contribution in [3.05, 3.63) is 29.3 Å². The molecule has 0 spiro atoms. The van der Waals surface area contributed by atoms with E-state index in [1.165, 1.54) is 5.56 Å². The Bertz CT molecular complexity index is 572. The Morgan fingerprint density at radius 3 is 2.70 bits per heavy atom. The second-order valence-electron chi connectivity index (χ2n) is 8.31. The molecule has 0 aliphatic carbocycles. The van der Waals surface area contributed by atoms with Gasteiger partial charge in [0.25, 0.3) is 0 Å². The Balaban J connectivity index is 2.03. The molecule has 4 heteroatoms. The molecular weight excluding hydrogens is 290 g/mol. The van der Waals surface area contributed by atoms with Gasteiger partial charge in [0, 0.05) is 18.5 Å². The highest BCUT2D eigenvalue weighted by molar-refractivity contribution is 5.73. The van der Waals surface area contributed by atoms with E-state index in [4.69, 9.17) is 4.74 Å². The summed E-state index contributed by atoms with van der Waals surface area (Å²) in [7, 11) is 0. The van der Waals surface area contributed by atoms with E-state index in [0.29, 0.717) is 13.0 Å². The summed E-state index contributed by atoms with van der Waals surface area (Å²) in [5.74, 6) is 0.132. The van der Waals surface area contributed by atoms with E-state index in [9.17, 15) is 9.90 Å². The molecule has 0 bridgehead atoms. The number of carboxylic acids is 1. The summed E-state index contributed by atoms with van der Waals surface area (Å²) < 4.78 is 6.04. The fraction of sp³-hybridized carbons (Fsp3) is 0.632. The molecule has 0 saturated carbocycles. The van der Waals surface area contributed by atoms with Gasteiger partial charge in [0.15, 0.2) is 0 Å². The number of rotatable bonds is 6. The van der Waals surface area contributed by atoms with Gasteiger partial charge in [-0.1, -0.05) is 39.0 Å². The fourth-order valence-corrected chi connectivity index (χ4v) is 2.94. The van der Waals surface area contributed by atoms with Crippen LogP contribution in [0.2, 0.25) is 0 Å². The molecule has 1 unspecified atom stereocenters. The van der Waals surface area contributed by atoms with Crippen molar-refractivity contribution in [3.8, 4) is 5.75 Å². The van der Waals surface area contributed by atoms with Crippen LogP contribution in [0, 0.1) is 5.41 Å². The van der Waals surface area contributed by atoms with Crippen molar-refractivity contribution < 1.29 is 14.6 Å². The number of benzene rings is 1. The third-order valence-electron chi connectivity index (χ3n) is 4.19. The number of fused-ring (bicyclic) bond motifs is 1. The molecule has 1 aliphatic heterocycles. The maximum Gasteiger partial charge on any atom is 0.320 e. The summed E-state index contributed by atoms with van der Waals surface area (Å²) in [6.45, 7) is 11.1. The molecule has 1 aromatic rings. The van der Waals surface area contributed by atoms with Crippen molar-refractivity contribution in [2.75, 3.05) is 0 Å². The second-order valence-corrected chi connectivity index (χ2v) is 8.31. The average molecular weight is 319 g/mol. The van der Waals surface area contributed by atoms with E-state index >= 15 is 0 Å². The second kappa shape index (κ2) is 6.52. The minimum absolute atomic E-state index is 0.135. The summed E-state index contributed by atoms with van der Waals surface area (Å²) in [5, 5.41) is 12.6. The molecule has 0 aromatic heterocycles. The lowest BCUT2D eigenvalue weighted by molar-refractivity contribution is -0.139. The zero-order valence-corrected chi connectivity index (χ0v) is 14.9. The first-order valence-corrected chi connectivity index (χ1v) is 8.33.